The smallest absolute Gasteiger partial charge is 0.129 e. The highest BCUT2D eigenvalue weighted by Gasteiger charge is 2.22. The van der Waals surface area contributed by atoms with Gasteiger partial charge in [-0.3, -0.25) is 0 Å². The highest BCUT2D eigenvalue weighted by molar-refractivity contribution is 5.40. The Bertz CT molecular complexity index is 347. The lowest BCUT2D eigenvalue weighted by atomic mass is 10.2. The fraction of sp³-hybridized carbons (Fsp3) is 0.500. The van der Waals surface area contributed by atoms with E-state index in [1.54, 1.807) is 12.1 Å². The molecule has 0 saturated heterocycles. The Morgan fingerprint density at radius 3 is 2.80 bits per heavy atom. The van der Waals surface area contributed by atoms with Crippen molar-refractivity contribution in [2.45, 2.75) is 19.4 Å². The van der Waals surface area contributed by atoms with Crippen LogP contribution >= 0.6 is 0 Å². The molecule has 1 fully saturated rings. The Morgan fingerprint density at radius 2 is 2.20 bits per heavy atom. The number of anilines is 1. The van der Waals surface area contributed by atoms with Crippen molar-refractivity contribution >= 4 is 5.69 Å². The number of rotatable bonds is 4. The van der Waals surface area contributed by atoms with Crippen LogP contribution < -0.4 is 5.73 Å². The molecule has 2 rings (SSSR count). The SMILES string of the molecule is CN(Cc1ccc(N)cc1F)CC1CC1. The topological polar surface area (TPSA) is 29.3 Å². The Balaban J connectivity index is 1.96. The average molecular weight is 208 g/mol. The highest BCUT2D eigenvalue weighted by Crippen LogP contribution is 2.29. The monoisotopic (exact) mass is 208 g/mol. The molecule has 0 aromatic heterocycles. The lowest BCUT2D eigenvalue weighted by Crippen LogP contribution is -2.21. The van der Waals surface area contributed by atoms with Gasteiger partial charge in [-0.1, -0.05) is 6.07 Å². The maximum absolute atomic E-state index is 13.5. The van der Waals surface area contributed by atoms with Crippen molar-refractivity contribution in [1.82, 2.24) is 4.90 Å². The normalized spacial score (nSPS) is 15.9. The van der Waals surface area contributed by atoms with Gasteiger partial charge in [-0.15, -0.1) is 0 Å². The summed E-state index contributed by atoms with van der Waals surface area (Å²) in [7, 11) is 2.04. The Labute approximate surface area is 89.9 Å². The van der Waals surface area contributed by atoms with Gasteiger partial charge >= 0.3 is 0 Å². The van der Waals surface area contributed by atoms with Crippen LogP contribution in [-0.4, -0.2) is 18.5 Å². The number of hydrogen-bond donors (Lipinski definition) is 1. The van der Waals surface area contributed by atoms with Crippen molar-refractivity contribution in [3.05, 3.63) is 29.6 Å². The van der Waals surface area contributed by atoms with E-state index in [0.29, 0.717) is 12.2 Å². The molecule has 0 spiro atoms. The van der Waals surface area contributed by atoms with Gasteiger partial charge < -0.3 is 10.6 Å². The fourth-order valence-corrected chi connectivity index (χ4v) is 1.79. The van der Waals surface area contributed by atoms with Gasteiger partial charge in [0.1, 0.15) is 5.82 Å². The van der Waals surface area contributed by atoms with Crippen LogP contribution in [0.5, 0.6) is 0 Å². The van der Waals surface area contributed by atoms with Gasteiger partial charge in [0, 0.05) is 24.3 Å². The van der Waals surface area contributed by atoms with Crippen molar-refractivity contribution in [2.75, 3.05) is 19.3 Å². The molecule has 1 aromatic carbocycles. The summed E-state index contributed by atoms with van der Waals surface area (Å²) in [6.45, 7) is 1.74. The maximum Gasteiger partial charge on any atom is 0.129 e. The van der Waals surface area contributed by atoms with Crippen LogP contribution in [-0.2, 0) is 6.54 Å². The summed E-state index contributed by atoms with van der Waals surface area (Å²) in [4.78, 5) is 2.17. The van der Waals surface area contributed by atoms with Crippen LogP contribution in [0.4, 0.5) is 10.1 Å². The zero-order valence-electron chi connectivity index (χ0n) is 9.04. The van der Waals surface area contributed by atoms with Crippen LogP contribution in [0.15, 0.2) is 18.2 Å². The zero-order valence-corrected chi connectivity index (χ0v) is 9.04. The summed E-state index contributed by atoms with van der Waals surface area (Å²) in [6.07, 6.45) is 2.66. The van der Waals surface area contributed by atoms with Crippen molar-refractivity contribution in [2.24, 2.45) is 5.92 Å². The summed E-state index contributed by atoms with van der Waals surface area (Å²) in [5.41, 5.74) is 6.71. The Morgan fingerprint density at radius 1 is 1.47 bits per heavy atom. The first-order valence-corrected chi connectivity index (χ1v) is 5.37. The van der Waals surface area contributed by atoms with Crippen molar-refractivity contribution in [3.8, 4) is 0 Å². The second-order valence-corrected chi connectivity index (χ2v) is 4.49. The van der Waals surface area contributed by atoms with E-state index in [1.165, 1.54) is 18.9 Å². The molecule has 3 heteroatoms. The van der Waals surface area contributed by atoms with Gasteiger partial charge in [0.25, 0.3) is 0 Å². The molecule has 2 nitrogen and oxygen atoms in total. The predicted molar refractivity (Wildman–Crippen MR) is 59.9 cm³/mol. The summed E-state index contributed by atoms with van der Waals surface area (Å²) in [5, 5.41) is 0. The maximum atomic E-state index is 13.5. The molecule has 0 unspecified atom stereocenters. The molecule has 1 aromatic rings. The molecule has 1 aliphatic carbocycles. The number of hydrogen-bond acceptors (Lipinski definition) is 2. The number of nitrogens with two attached hydrogens (primary N) is 1. The molecule has 0 amide bonds. The molecule has 1 aliphatic rings. The van der Waals surface area contributed by atoms with Gasteiger partial charge in [0.15, 0.2) is 0 Å². The quantitative estimate of drug-likeness (QED) is 0.769. The standard InChI is InChI=1S/C12H17FN2/c1-15(7-9-2-3-9)8-10-4-5-11(14)6-12(10)13/h4-6,9H,2-3,7-8,14H2,1H3. The largest absolute Gasteiger partial charge is 0.399 e. The summed E-state index contributed by atoms with van der Waals surface area (Å²) < 4.78 is 13.5. The molecule has 0 atom stereocenters. The second kappa shape index (κ2) is 4.19. The number of nitrogens with zero attached hydrogens (tertiary/aromatic N) is 1. The predicted octanol–water partition coefficient (Wildman–Crippen LogP) is 2.25. The number of benzene rings is 1. The fourth-order valence-electron chi connectivity index (χ4n) is 1.79. The van der Waals surface area contributed by atoms with Crippen molar-refractivity contribution in [1.29, 1.82) is 0 Å². The van der Waals surface area contributed by atoms with E-state index < -0.39 is 0 Å². The summed E-state index contributed by atoms with van der Waals surface area (Å²) in [6, 6.07) is 4.91. The van der Waals surface area contributed by atoms with Gasteiger partial charge in [-0.05, 0) is 37.9 Å². The molecule has 0 bridgehead atoms. The minimum Gasteiger partial charge on any atom is -0.399 e. The Kier molecular flexibility index (Phi) is 2.91. The van der Waals surface area contributed by atoms with Gasteiger partial charge in [0.05, 0.1) is 0 Å². The third kappa shape index (κ3) is 2.93. The third-order valence-electron chi connectivity index (χ3n) is 2.78. The molecule has 0 heterocycles. The van der Waals surface area contributed by atoms with Gasteiger partial charge in [-0.25, -0.2) is 4.39 Å². The number of halogens is 1. The third-order valence-corrected chi connectivity index (χ3v) is 2.78. The zero-order chi connectivity index (χ0) is 10.8. The Hall–Kier alpha value is -1.09. The molecular formula is C12H17FN2. The summed E-state index contributed by atoms with van der Waals surface area (Å²) >= 11 is 0. The van der Waals surface area contributed by atoms with Crippen molar-refractivity contribution < 1.29 is 4.39 Å². The van der Waals surface area contributed by atoms with Crippen LogP contribution in [0.3, 0.4) is 0 Å². The van der Waals surface area contributed by atoms with E-state index in [0.717, 1.165) is 18.0 Å². The number of nitrogen functional groups attached to an aromatic ring is 1. The van der Waals surface area contributed by atoms with E-state index in [9.17, 15) is 4.39 Å². The average Bonchev–Trinajstić information content (AvgIpc) is 2.94. The molecule has 0 radical (unpaired) electrons. The van der Waals surface area contributed by atoms with E-state index in [2.05, 4.69) is 4.90 Å². The van der Waals surface area contributed by atoms with Crippen LogP contribution in [0.1, 0.15) is 18.4 Å². The molecule has 0 aliphatic heterocycles. The molecular weight excluding hydrogens is 191 g/mol. The van der Waals surface area contributed by atoms with Crippen molar-refractivity contribution in [3.63, 3.8) is 0 Å². The highest BCUT2D eigenvalue weighted by atomic mass is 19.1. The van der Waals surface area contributed by atoms with Crippen LogP contribution in [0, 0.1) is 11.7 Å². The minimum absolute atomic E-state index is 0.197. The van der Waals surface area contributed by atoms with E-state index >= 15 is 0 Å². The summed E-state index contributed by atoms with van der Waals surface area (Å²) in [5.74, 6) is 0.643. The van der Waals surface area contributed by atoms with Crippen LogP contribution in [0.2, 0.25) is 0 Å². The first-order chi connectivity index (χ1) is 7.15. The van der Waals surface area contributed by atoms with Gasteiger partial charge in [-0.2, -0.15) is 0 Å². The molecule has 15 heavy (non-hydrogen) atoms. The first-order valence-electron chi connectivity index (χ1n) is 5.37. The minimum atomic E-state index is -0.197. The van der Waals surface area contributed by atoms with Gasteiger partial charge in [0.2, 0.25) is 0 Å². The van der Waals surface area contributed by atoms with E-state index in [-0.39, 0.29) is 5.82 Å². The lowest BCUT2D eigenvalue weighted by molar-refractivity contribution is 0.308. The van der Waals surface area contributed by atoms with E-state index in [1.807, 2.05) is 7.05 Å². The second-order valence-electron chi connectivity index (χ2n) is 4.49. The first kappa shape index (κ1) is 10.4. The lowest BCUT2D eigenvalue weighted by Gasteiger charge is -2.16. The molecule has 82 valence electrons. The molecule has 1 saturated carbocycles. The van der Waals surface area contributed by atoms with E-state index in [4.69, 9.17) is 5.73 Å². The molecule has 2 N–H and O–H groups in total. The van der Waals surface area contributed by atoms with Crippen LogP contribution in [0.25, 0.3) is 0 Å².